The molecule has 0 bridgehead atoms. The lowest BCUT2D eigenvalue weighted by molar-refractivity contribution is 0.0868. The van der Waals surface area contributed by atoms with Gasteiger partial charge in [0, 0.05) is 18.3 Å². The Morgan fingerprint density at radius 2 is 2.19 bits per heavy atom. The van der Waals surface area contributed by atoms with E-state index >= 15 is 0 Å². The van der Waals surface area contributed by atoms with Crippen LogP contribution in [0.25, 0.3) is 0 Å². The van der Waals surface area contributed by atoms with Crippen LogP contribution in [0.4, 0.5) is 10.5 Å². The lowest BCUT2D eigenvalue weighted by atomic mass is 10.1. The molecule has 1 aromatic rings. The van der Waals surface area contributed by atoms with Crippen LogP contribution in [0.2, 0.25) is 0 Å². The predicted octanol–water partition coefficient (Wildman–Crippen LogP) is 2.66. The molecule has 3 unspecified atom stereocenters. The molecule has 0 aliphatic carbocycles. The topological polar surface area (TPSA) is 62.4 Å². The molecule has 5 nitrogen and oxygen atoms in total. The summed E-state index contributed by atoms with van der Waals surface area (Å²) in [7, 11) is 1.92. The third kappa shape index (κ3) is 4.44. The fraction of sp³-hybridized carbons (Fsp3) is 0.562. The zero-order valence-corrected chi connectivity index (χ0v) is 13.0. The number of carbonyl (C=O) groups is 1. The summed E-state index contributed by atoms with van der Waals surface area (Å²) in [5.74, 6) is 0. The molecule has 0 aromatic heterocycles. The molecule has 3 atom stereocenters. The molecule has 3 N–H and O–H groups in total. The van der Waals surface area contributed by atoms with Crippen molar-refractivity contribution >= 4 is 11.7 Å². The van der Waals surface area contributed by atoms with Crippen LogP contribution in [0, 0.1) is 0 Å². The van der Waals surface area contributed by atoms with E-state index < -0.39 is 0 Å². The predicted molar refractivity (Wildman–Crippen MR) is 84.5 cm³/mol. The summed E-state index contributed by atoms with van der Waals surface area (Å²) in [4.78, 5) is 12.0. The van der Waals surface area contributed by atoms with Gasteiger partial charge in [-0.05, 0) is 51.4 Å². The van der Waals surface area contributed by atoms with Crippen molar-refractivity contribution in [2.75, 3.05) is 19.0 Å². The molecule has 1 aromatic carbocycles. The molecular formula is C16H25N3O2. The van der Waals surface area contributed by atoms with Crippen molar-refractivity contribution in [3.8, 4) is 0 Å². The van der Waals surface area contributed by atoms with Gasteiger partial charge in [-0.15, -0.1) is 0 Å². The highest BCUT2D eigenvalue weighted by Gasteiger charge is 2.23. The van der Waals surface area contributed by atoms with E-state index in [2.05, 4.69) is 22.9 Å². The fourth-order valence-electron chi connectivity index (χ4n) is 2.52. The Balaban J connectivity index is 1.90. The molecule has 2 rings (SSSR count). The molecule has 1 fully saturated rings. The van der Waals surface area contributed by atoms with Crippen molar-refractivity contribution in [2.45, 2.75) is 44.9 Å². The first-order valence-corrected chi connectivity index (χ1v) is 7.56. The molecule has 5 heteroatoms. The van der Waals surface area contributed by atoms with Gasteiger partial charge in [0.15, 0.2) is 0 Å². The smallest absolute Gasteiger partial charge is 0.319 e. The highest BCUT2D eigenvalue weighted by molar-refractivity contribution is 5.89. The Labute approximate surface area is 126 Å². The Hall–Kier alpha value is -1.59. The van der Waals surface area contributed by atoms with E-state index in [1.165, 1.54) is 0 Å². The minimum Gasteiger partial charge on any atom is -0.376 e. The molecule has 0 spiro atoms. The van der Waals surface area contributed by atoms with Crippen LogP contribution in [0.1, 0.15) is 38.3 Å². The summed E-state index contributed by atoms with van der Waals surface area (Å²) in [5.41, 5.74) is 1.94. The van der Waals surface area contributed by atoms with E-state index in [1.54, 1.807) is 0 Å². The highest BCUT2D eigenvalue weighted by atomic mass is 16.5. The van der Waals surface area contributed by atoms with Crippen molar-refractivity contribution in [3.05, 3.63) is 29.8 Å². The molecule has 0 radical (unpaired) electrons. The molecule has 21 heavy (non-hydrogen) atoms. The van der Waals surface area contributed by atoms with Crippen LogP contribution in [-0.4, -0.2) is 31.8 Å². The number of rotatable bonds is 5. The van der Waals surface area contributed by atoms with Gasteiger partial charge < -0.3 is 20.7 Å². The number of anilines is 1. The number of urea groups is 1. The van der Waals surface area contributed by atoms with E-state index in [4.69, 9.17) is 4.74 Å². The van der Waals surface area contributed by atoms with Crippen LogP contribution in [-0.2, 0) is 4.74 Å². The maximum absolute atomic E-state index is 12.0. The normalized spacial score (nSPS) is 20.8. The number of nitrogens with one attached hydrogen (secondary N) is 3. The van der Waals surface area contributed by atoms with Gasteiger partial charge in [0.1, 0.15) is 0 Å². The van der Waals surface area contributed by atoms with E-state index in [0.29, 0.717) is 0 Å². The van der Waals surface area contributed by atoms with Gasteiger partial charge in [0.05, 0.1) is 12.1 Å². The van der Waals surface area contributed by atoms with Gasteiger partial charge in [0.2, 0.25) is 0 Å². The van der Waals surface area contributed by atoms with Gasteiger partial charge in [-0.3, -0.25) is 0 Å². The Morgan fingerprint density at radius 1 is 1.38 bits per heavy atom. The van der Waals surface area contributed by atoms with Crippen LogP contribution < -0.4 is 16.0 Å². The summed E-state index contributed by atoms with van der Waals surface area (Å²) < 4.78 is 5.58. The SMILES string of the molecule is CNC(C)c1cccc(NC(=O)NC(C)C2CCCO2)c1. The zero-order valence-electron chi connectivity index (χ0n) is 13.0. The van der Waals surface area contributed by atoms with Crippen molar-refractivity contribution < 1.29 is 9.53 Å². The average Bonchev–Trinajstić information content (AvgIpc) is 3.00. The summed E-state index contributed by atoms with van der Waals surface area (Å²) in [6.45, 7) is 4.86. The van der Waals surface area contributed by atoms with E-state index in [9.17, 15) is 4.79 Å². The number of benzene rings is 1. The number of hydrogen-bond donors (Lipinski definition) is 3. The number of amides is 2. The van der Waals surface area contributed by atoms with Crippen molar-refractivity contribution in [1.82, 2.24) is 10.6 Å². The molecule has 2 amide bonds. The summed E-state index contributed by atoms with van der Waals surface area (Å²) >= 11 is 0. The lowest BCUT2D eigenvalue weighted by Gasteiger charge is -2.20. The standard InChI is InChI=1S/C16H25N3O2/c1-11(17-3)13-6-4-7-14(10-13)19-16(20)18-12(2)15-8-5-9-21-15/h4,6-7,10-12,15,17H,5,8-9H2,1-3H3,(H2,18,19,20). The minimum atomic E-state index is -0.188. The van der Waals surface area contributed by atoms with E-state index in [0.717, 1.165) is 30.7 Å². The van der Waals surface area contributed by atoms with E-state index in [1.807, 2.05) is 38.2 Å². The average molecular weight is 291 g/mol. The monoisotopic (exact) mass is 291 g/mol. The first-order valence-electron chi connectivity index (χ1n) is 7.56. The van der Waals surface area contributed by atoms with Gasteiger partial charge in [0.25, 0.3) is 0 Å². The van der Waals surface area contributed by atoms with Crippen LogP contribution in [0.15, 0.2) is 24.3 Å². The van der Waals surface area contributed by atoms with Gasteiger partial charge in [-0.2, -0.15) is 0 Å². The third-order valence-corrected chi connectivity index (χ3v) is 3.96. The Morgan fingerprint density at radius 3 is 2.86 bits per heavy atom. The van der Waals surface area contributed by atoms with Gasteiger partial charge in [-0.25, -0.2) is 4.79 Å². The second-order valence-corrected chi connectivity index (χ2v) is 5.57. The molecular weight excluding hydrogens is 266 g/mol. The highest BCUT2D eigenvalue weighted by Crippen LogP contribution is 2.18. The number of ether oxygens (including phenoxy) is 1. The number of carbonyl (C=O) groups excluding carboxylic acids is 1. The maximum Gasteiger partial charge on any atom is 0.319 e. The van der Waals surface area contributed by atoms with Gasteiger partial charge >= 0.3 is 6.03 Å². The third-order valence-electron chi connectivity index (χ3n) is 3.96. The summed E-state index contributed by atoms with van der Waals surface area (Å²) in [6, 6.07) is 7.95. The van der Waals surface area contributed by atoms with E-state index in [-0.39, 0.29) is 24.2 Å². The molecule has 1 aliphatic heterocycles. The van der Waals surface area contributed by atoms with Crippen molar-refractivity contribution in [2.24, 2.45) is 0 Å². The first kappa shape index (κ1) is 15.8. The second kappa shape index (κ2) is 7.43. The molecule has 1 saturated heterocycles. The Kier molecular flexibility index (Phi) is 5.59. The summed E-state index contributed by atoms with van der Waals surface area (Å²) in [5, 5.41) is 9.01. The lowest BCUT2D eigenvalue weighted by Crippen LogP contribution is -2.43. The number of hydrogen-bond acceptors (Lipinski definition) is 3. The van der Waals surface area contributed by atoms with Gasteiger partial charge in [-0.1, -0.05) is 12.1 Å². The molecule has 1 aliphatic rings. The molecule has 0 saturated carbocycles. The van der Waals surface area contributed by atoms with Crippen LogP contribution >= 0.6 is 0 Å². The van der Waals surface area contributed by atoms with Crippen LogP contribution in [0.3, 0.4) is 0 Å². The quantitative estimate of drug-likeness (QED) is 0.781. The first-order chi connectivity index (χ1) is 10.1. The summed E-state index contributed by atoms with van der Waals surface area (Å²) in [6.07, 6.45) is 2.21. The largest absolute Gasteiger partial charge is 0.376 e. The second-order valence-electron chi connectivity index (χ2n) is 5.57. The molecule has 1 heterocycles. The maximum atomic E-state index is 12.0. The Bertz CT molecular complexity index is 472. The molecule has 116 valence electrons. The fourth-order valence-corrected chi connectivity index (χ4v) is 2.52. The van der Waals surface area contributed by atoms with Crippen molar-refractivity contribution in [3.63, 3.8) is 0 Å². The zero-order chi connectivity index (χ0) is 15.2. The van der Waals surface area contributed by atoms with Crippen molar-refractivity contribution in [1.29, 1.82) is 0 Å². The van der Waals surface area contributed by atoms with Crippen LogP contribution in [0.5, 0.6) is 0 Å². The minimum absolute atomic E-state index is 0.0203.